The van der Waals surface area contributed by atoms with Crippen LogP contribution in [-0.2, 0) is 26.1 Å². The lowest BCUT2D eigenvalue weighted by molar-refractivity contribution is -0.116. The molecule has 9 nitrogen and oxygen atoms in total. The zero-order chi connectivity index (χ0) is 22.3. The first-order chi connectivity index (χ1) is 14.1. The number of rotatable bonds is 9. The molecule has 1 aromatic carbocycles. The second-order valence-corrected chi connectivity index (χ2v) is 8.89. The van der Waals surface area contributed by atoms with Crippen LogP contribution in [0.15, 0.2) is 52.3 Å². The number of carbonyl (C=O) groups is 2. The van der Waals surface area contributed by atoms with Gasteiger partial charge in [0, 0.05) is 32.0 Å². The number of carbonyl (C=O) groups excluding carboxylic acids is 2. The van der Waals surface area contributed by atoms with Crippen LogP contribution in [0.2, 0.25) is 0 Å². The van der Waals surface area contributed by atoms with Gasteiger partial charge in [-0.3, -0.25) is 9.59 Å². The van der Waals surface area contributed by atoms with Crippen molar-refractivity contribution in [2.75, 3.05) is 26.0 Å². The highest BCUT2D eigenvalue weighted by Crippen LogP contribution is 2.12. The molecule has 30 heavy (non-hydrogen) atoms. The van der Waals surface area contributed by atoms with E-state index in [-0.39, 0.29) is 11.4 Å². The summed E-state index contributed by atoms with van der Waals surface area (Å²) in [7, 11) is -0.983. The molecule has 1 aromatic heterocycles. The molecular formula is C20H25N3O6S. The molecule has 1 heterocycles. The molecule has 2 rings (SSSR count). The Labute approximate surface area is 175 Å². The van der Waals surface area contributed by atoms with E-state index in [9.17, 15) is 22.8 Å². The van der Waals surface area contributed by atoms with Crippen molar-refractivity contribution in [1.82, 2.24) is 8.87 Å². The van der Waals surface area contributed by atoms with Crippen molar-refractivity contribution in [3.8, 4) is 0 Å². The van der Waals surface area contributed by atoms with E-state index in [2.05, 4.69) is 5.32 Å². The Kier molecular flexibility index (Phi) is 7.90. The highest BCUT2D eigenvalue weighted by Gasteiger charge is 2.18. The second kappa shape index (κ2) is 10.2. The maximum absolute atomic E-state index is 12.3. The third kappa shape index (κ3) is 6.01. The molecule has 0 aliphatic heterocycles. The van der Waals surface area contributed by atoms with E-state index < -0.39 is 27.5 Å². The SMILES string of the molecule is CCCCOC(=O)c1ccc(NC(=O)Cn2cc(S(=O)(=O)N(C)C)ccc2=O)cc1. The summed E-state index contributed by atoms with van der Waals surface area (Å²) < 4.78 is 31.6. The van der Waals surface area contributed by atoms with E-state index in [0.717, 1.165) is 34.0 Å². The van der Waals surface area contributed by atoms with E-state index in [0.29, 0.717) is 17.9 Å². The van der Waals surface area contributed by atoms with E-state index in [1.807, 2.05) is 6.92 Å². The average molecular weight is 436 g/mol. The molecule has 1 amide bonds. The number of hydrogen-bond donors (Lipinski definition) is 1. The van der Waals surface area contributed by atoms with Crippen LogP contribution in [-0.4, -0.2) is 49.9 Å². The monoisotopic (exact) mass is 435 g/mol. The molecule has 0 radical (unpaired) electrons. The molecule has 0 aliphatic rings. The van der Waals surface area contributed by atoms with Crippen LogP contribution in [0.1, 0.15) is 30.1 Å². The Morgan fingerprint density at radius 2 is 1.77 bits per heavy atom. The summed E-state index contributed by atoms with van der Waals surface area (Å²) >= 11 is 0. The molecule has 0 unspecified atom stereocenters. The number of amides is 1. The first-order valence-corrected chi connectivity index (χ1v) is 10.8. The summed E-state index contributed by atoms with van der Waals surface area (Å²) in [5, 5.41) is 2.61. The summed E-state index contributed by atoms with van der Waals surface area (Å²) in [6.45, 7) is 1.98. The highest BCUT2D eigenvalue weighted by molar-refractivity contribution is 7.89. The predicted octanol–water partition coefficient (Wildman–Crippen LogP) is 1.69. The quantitative estimate of drug-likeness (QED) is 0.474. The standard InChI is InChI=1S/C20H25N3O6S/c1-4-5-12-29-20(26)15-6-8-16(9-7-15)21-18(24)14-23-13-17(10-11-19(23)25)30(27,28)22(2)3/h6-11,13H,4-5,12,14H2,1-3H3,(H,21,24). The second-order valence-electron chi connectivity index (χ2n) is 6.73. The van der Waals surface area contributed by atoms with Gasteiger partial charge in [-0.15, -0.1) is 0 Å². The van der Waals surface area contributed by atoms with Crippen LogP contribution < -0.4 is 10.9 Å². The maximum Gasteiger partial charge on any atom is 0.338 e. The fourth-order valence-electron chi connectivity index (χ4n) is 2.43. The average Bonchev–Trinajstić information content (AvgIpc) is 2.70. The van der Waals surface area contributed by atoms with Crippen LogP contribution in [0, 0.1) is 0 Å². The molecule has 0 aliphatic carbocycles. The molecule has 0 bridgehead atoms. The maximum atomic E-state index is 12.3. The normalized spacial score (nSPS) is 11.3. The summed E-state index contributed by atoms with van der Waals surface area (Å²) in [6.07, 6.45) is 2.84. The lowest BCUT2D eigenvalue weighted by Crippen LogP contribution is -2.29. The van der Waals surface area contributed by atoms with Gasteiger partial charge < -0.3 is 14.6 Å². The van der Waals surface area contributed by atoms with Gasteiger partial charge in [0.1, 0.15) is 6.54 Å². The van der Waals surface area contributed by atoms with Crippen molar-refractivity contribution in [2.24, 2.45) is 0 Å². The molecule has 2 aromatic rings. The number of sulfonamides is 1. The van der Waals surface area contributed by atoms with Gasteiger partial charge in [0.05, 0.1) is 17.1 Å². The first-order valence-electron chi connectivity index (χ1n) is 9.35. The smallest absolute Gasteiger partial charge is 0.338 e. The van der Waals surface area contributed by atoms with E-state index in [1.54, 1.807) is 12.1 Å². The van der Waals surface area contributed by atoms with E-state index >= 15 is 0 Å². The topological polar surface area (TPSA) is 115 Å². The summed E-state index contributed by atoms with van der Waals surface area (Å²) in [5.41, 5.74) is 0.283. The number of nitrogens with zero attached hydrogens (tertiary/aromatic N) is 2. The number of esters is 1. The number of hydrogen-bond acceptors (Lipinski definition) is 6. The van der Waals surface area contributed by atoms with Crippen LogP contribution in [0.4, 0.5) is 5.69 Å². The van der Waals surface area contributed by atoms with Gasteiger partial charge in [0.2, 0.25) is 15.9 Å². The first kappa shape index (κ1) is 23.3. The van der Waals surface area contributed by atoms with Crippen molar-refractivity contribution in [1.29, 1.82) is 0 Å². The van der Waals surface area contributed by atoms with Crippen molar-refractivity contribution in [3.05, 3.63) is 58.5 Å². The number of unbranched alkanes of at least 4 members (excludes halogenated alkanes) is 1. The number of ether oxygens (including phenoxy) is 1. The number of benzene rings is 1. The Hall–Kier alpha value is -2.98. The van der Waals surface area contributed by atoms with Gasteiger partial charge in [-0.2, -0.15) is 0 Å². The minimum Gasteiger partial charge on any atom is -0.462 e. The van der Waals surface area contributed by atoms with Gasteiger partial charge in [0.15, 0.2) is 0 Å². The van der Waals surface area contributed by atoms with Crippen LogP contribution in [0.25, 0.3) is 0 Å². The van der Waals surface area contributed by atoms with E-state index in [1.165, 1.54) is 32.3 Å². The molecule has 1 N–H and O–H groups in total. The van der Waals surface area contributed by atoms with Gasteiger partial charge >= 0.3 is 5.97 Å². The van der Waals surface area contributed by atoms with Crippen LogP contribution in [0.3, 0.4) is 0 Å². The van der Waals surface area contributed by atoms with E-state index in [4.69, 9.17) is 4.74 Å². The van der Waals surface area contributed by atoms with Crippen molar-refractivity contribution in [2.45, 2.75) is 31.2 Å². The predicted molar refractivity (Wildman–Crippen MR) is 112 cm³/mol. The number of anilines is 1. The molecular weight excluding hydrogens is 410 g/mol. The Morgan fingerprint density at radius 1 is 1.10 bits per heavy atom. The third-order valence-corrected chi connectivity index (χ3v) is 5.98. The number of pyridine rings is 1. The summed E-state index contributed by atoms with van der Waals surface area (Å²) in [6, 6.07) is 8.45. The summed E-state index contributed by atoms with van der Waals surface area (Å²) in [4.78, 5) is 36.1. The van der Waals surface area contributed by atoms with Crippen LogP contribution in [0.5, 0.6) is 0 Å². The lowest BCUT2D eigenvalue weighted by atomic mass is 10.2. The highest BCUT2D eigenvalue weighted by atomic mass is 32.2. The fourth-order valence-corrected chi connectivity index (χ4v) is 3.36. The zero-order valence-corrected chi connectivity index (χ0v) is 17.9. The zero-order valence-electron chi connectivity index (χ0n) is 17.1. The number of nitrogens with one attached hydrogen (secondary N) is 1. The van der Waals surface area contributed by atoms with Gasteiger partial charge in [-0.05, 0) is 36.8 Å². The molecule has 0 saturated heterocycles. The molecule has 0 atom stereocenters. The lowest BCUT2D eigenvalue weighted by Gasteiger charge is -2.13. The third-order valence-electron chi connectivity index (χ3n) is 4.18. The summed E-state index contributed by atoms with van der Waals surface area (Å²) in [5.74, 6) is -0.957. The van der Waals surface area contributed by atoms with Gasteiger partial charge in [0.25, 0.3) is 5.56 Å². The Balaban J connectivity index is 2.06. The minimum atomic E-state index is -3.73. The van der Waals surface area contributed by atoms with Gasteiger partial charge in [-0.1, -0.05) is 13.3 Å². The van der Waals surface area contributed by atoms with Crippen molar-refractivity contribution < 1.29 is 22.7 Å². The molecule has 0 spiro atoms. The van der Waals surface area contributed by atoms with Crippen LogP contribution >= 0.6 is 0 Å². The molecule has 0 saturated carbocycles. The molecule has 10 heteroatoms. The Morgan fingerprint density at radius 3 is 2.37 bits per heavy atom. The molecule has 0 fully saturated rings. The fraction of sp³-hybridized carbons (Fsp3) is 0.350. The number of aromatic nitrogens is 1. The van der Waals surface area contributed by atoms with Crippen molar-refractivity contribution in [3.63, 3.8) is 0 Å². The van der Waals surface area contributed by atoms with Crippen molar-refractivity contribution >= 4 is 27.6 Å². The molecule has 162 valence electrons. The largest absolute Gasteiger partial charge is 0.462 e. The Bertz CT molecular complexity index is 1060. The van der Waals surface area contributed by atoms with Gasteiger partial charge in [-0.25, -0.2) is 17.5 Å². The minimum absolute atomic E-state index is 0.0918.